The lowest BCUT2D eigenvalue weighted by atomic mass is 9.87. The first-order valence-corrected chi connectivity index (χ1v) is 11.7. The van der Waals surface area contributed by atoms with Gasteiger partial charge < -0.3 is 15.3 Å². The van der Waals surface area contributed by atoms with Gasteiger partial charge in [0.2, 0.25) is 0 Å². The van der Waals surface area contributed by atoms with Crippen molar-refractivity contribution in [3.63, 3.8) is 0 Å². The number of carbonyl (C=O) groups is 2. The fourth-order valence-electron chi connectivity index (χ4n) is 4.11. The van der Waals surface area contributed by atoms with Gasteiger partial charge in [-0.3, -0.25) is 9.59 Å². The summed E-state index contributed by atoms with van der Waals surface area (Å²) in [6.45, 7) is 2.33. The second-order valence-corrected chi connectivity index (χ2v) is 9.60. The molecule has 0 saturated heterocycles. The fraction of sp³-hybridized carbons (Fsp3) is 0.231. The van der Waals surface area contributed by atoms with Crippen LogP contribution in [-0.2, 0) is 5.60 Å². The minimum atomic E-state index is -3.51. The van der Waals surface area contributed by atoms with Gasteiger partial charge in [0.1, 0.15) is 5.82 Å². The first-order valence-electron chi connectivity index (χ1n) is 10.9. The van der Waals surface area contributed by atoms with E-state index in [1.165, 1.54) is 47.4 Å². The van der Waals surface area contributed by atoms with Crippen molar-refractivity contribution in [1.82, 2.24) is 0 Å². The fourth-order valence-corrected chi connectivity index (χ4v) is 4.54. The van der Waals surface area contributed by atoms with Crippen molar-refractivity contribution in [3.8, 4) is 0 Å². The van der Waals surface area contributed by atoms with E-state index in [2.05, 4.69) is 5.32 Å². The Labute approximate surface area is 215 Å². The maximum atomic E-state index is 14.8. The molecule has 3 aromatic rings. The molecule has 188 valence electrons. The summed E-state index contributed by atoms with van der Waals surface area (Å²) in [5.41, 5.74) is -1.38. The van der Waals surface area contributed by atoms with Crippen LogP contribution in [0.2, 0.25) is 10.0 Å². The Bertz CT molecular complexity index is 1380. The van der Waals surface area contributed by atoms with Crippen LogP contribution in [0.1, 0.15) is 45.2 Å². The summed E-state index contributed by atoms with van der Waals surface area (Å²) in [4.78, 5) is 27.2. The number of nitrogens with zero attached hydrogens (tertiary/aromatic N) is 1. The third-order valence-corrected chi connectivity index (χ3v) is 6.83. The van der Waals surface area contributed by atoms with Gasteiger partial charge in [-0.2, -0.15) is 0 Å². The maximum absolute atomic E-state index is 14.8. The van der Waals surface area contributed by atoms with Crippen molar-refractivity contribution < 1.29 is 27.9 Å². The Hall–Kier alpha value is -3.07. The van der Waals surface area contributed by atoms with Crippen molar-refractivity contribution in [2.75, 3.05) is 16.8 Å². The highest BCUT2D eigenvalue weighted by molar-refractivity contribution is 6.34. The summed E-state index contributed by atoms with van der Waals surface area (Å²) in [7, 11) is 0. The standard InChI is InChI=1S/C26H21Cl2F3N2O3/c1-14-11-15(3-7-21(14)32-23(34)18-6-5-17(29)13-20(18)28)24(35)33-10-9-26(30,31)25(2,36)19-12-16(27)4-8-22(19)33/h3-8,11-13,36H,9-10H2,1-2H3,(H,32,34)/t25-/m1/s1. The molecule has 1 heterocycles. The molecule has 2 N–H and O–H groups in total. The topological polar surface area (TPSA) is 69.6 Å². The van der Waals surface area contributed by atoms with Gasteiger partial charge in [0.15, 0.2) is 5.60 Å². The molecule has 4 rings (SSSR count). The number of rotatable bonds is 3. The summed E-state index contributed by atoms with van der Waals surface area (Å²) >= 11 is 12.0. The number of fused-ring (bicyclic) bond motifs is 1. The van der Waals surface area contributed by atoms with E-state index >= 15 is 0 Å². The van der Waals surface area contributed by atoms with Crippen LogP contribution in [0.4, 0.5) is 24.5 Å². The Morgan fingerprint density at radius 3 is 2.44 bits per heavy atom. The zero-order valence-electron chi connectivity index (χ0n) is 19.2. The quantitative estimate of drug-likeness (QED) is 0.396. The predicted molar refractivity (Wildman–Crippen MR) is 133 cm³/mol. The van der Waals surface area contributed by atoms with Gasteiger partial charge in [-0.05, 0) is 74.0 Å². The first kappa shape index (κ1) is 26.0. The highest BCUT2D eigenvalue weighted by Gasteiger charge is 2.53. The number of hydrogen-bond donors (Lipinski definition) is 2. The Morgan fingerprint density at radius 1 is 1.06 bits per heavy atom. The van der Waals surface area contributed by atoms with Crippen LogP contribution in [0.25, 0.3) is 0 Å². The van der Waals surface area contributed by atoms with Crippen LogP contribution in [-0.4, -0.2) is 29.4 Å². The average Bonchev–Trinajstić information content (AvgIpc) is 2.87. The van der Waals surface area contributed by atoms with Crippen LogP contribution in [0.5, 0.6) is 0 Å². The summed E-state index contributed by atoms with van der Waals surface area (Å²) < 4.78 is 42.9. The van der Waals surface area contributed by atoms with Crippen molar-refractivity contribution in [1.29, 1.82) is 0 Å². The maximum Gasteiger partial charge on any atom is 0.281 e. The molecule has 0 fully saturated rings. The predicted octanol–water partition coefficient (Wildman–Crippen LogP) is 6.59. The van der Waals surface area contributed by atoms with E-state index in [0.717, 1.165) is 19.1 Å². The molecular formula is C26H21Cl2F3N2O3. The molecular weight excluding hydrogens is 516 g/mol. The van der Waals surface area contributed by atoms with Gasteiger partial charge >= 0.3 is 0 Å². The molecule has 0 bridgehead atoms. The van der Waals surface area contributed by atoms with Crippen LogP contribution >= 0.6 is 23.2 Å². The number of carbonyl (C=O) groups excluding carboxylic acids is 2. The second-order valence-electron chi connectivity index (χ2n) is 8.75. The molecule has 2 amide bonds. The first-order chi connectivity index (χ1) is 16.8. The number of halogens is 5. The van der Waals surface area contributed by atoms with E-state index < -0.39 is 35.6 Å². The molecule has 1 aliphatic rings. The number of alkyl halides is 2. The van der Waals surface area contributed by atoms with Crippen molar-refractivity contribution >= 4 is 46.4 Å². The molecule has 0 radical (unpaired) electrons. The summed E-state index contributed by atoms with van der Waals surface area (Å²) in [5, 5.41) is 13.5. The van der Waals surface area contributed by atoms with Crippen molar-refractivity contribution in [3.05, 3.63) is 92.7 Å². The Morgan fingerprint density at radius 2 is 1.78 bits per heavy atom. The normalized spacial score (nSPS) is 18.8. The summed E-state index contributed by atoms with van der Waals surface area (Å²) in [6, 6.07) is 12.0. The molecule has 5 nitrogen and oxygen atoms in total. The lowest BCUT2D eigenvalue weighted by Gasteiger charge is -2.32. The monoisotopic (exact) mass is 536 g/mol. The minimum absolute atomic E-state index is 0.0513. The van der Waals surface area contributed by atoms with Crippen LogP contribution in [0, 0.1) is 12.7 Å². The molecule has 1 atom stereocenters. The van der Waals surface area contributed by atoms with Crippen LogP contribution in [0.3, 0.4) is 0 Å². The highest BCUT2D eigenvalue weighted by Crippen LogP contribution is 2.47. The number of aliphatic hydroxyl groups is 1. The van der Waals surface area contributed by atoms with Crippen LogP contribution < -0.4 is 10.2 Å². The van der Waals surface area contributed by atoms with Crippen molar-refractivity contribution in [2.24, 2.45) is 0 Å². The van der Waals surface area contributed by atoms with Gasteiger partial charge in [-0.25, -0.2) is 13.2 Å². The largest absolute Gasteiger partial charge is 0.379 e. The number of hydrogen-bond acceptors (Lipinski definition) is 3. The summed E-state index contributed by atoms with van der Waals surface area (Å²) in [5.74, 6) is -5.21. The number of amides is 2. The molecule has 3 aromatic carbocycles. The number of aryl methyl sites for hydroxylation is 1. The third kappa shape index (κ3) is 4.68. The van der Waals surface area contributed by atoms with E-state index in [4.69, 9.17) is 23.2 Å². The van der Waals surface area contributed by atoms with Gasteiger partial charge in [0, 0.05) is 34.8 Å². The van der Waals surface area contributed by atoms with E-state index in [1.807, 2.05) is 0 Å². The lowest BCUT2D eigenvalue weighted by molar-refractivity contribution is -0.177. The number of anilines is 2. The van der Waals surface area contributed by atoms with Gasteiger partial charge in [-0.1, -0.05) is 23.2 Å². The number of benzene rings is 3. The van der Waals surface area contributed by atoms with E-state index in [0.29, 0.717) is 11.3 Å². The van der Waals surface area contributed by atoms with E-state index in [1.54, 1.807) is 6.92 Å². The molecule has 0 spiro atoms. The minimum Gasteiger partial charge on any atom is -0.379 e. The molecule has 0 saturated carbocycles. The SMILES string of the molecule is Cc1cc(C(=O)N2CCC(F)(F)[C@](C)(O)c3cc(Cl)ccc32)ccc1NC(=O)c1ccc(F)cc1Cl. The Kier molecular flexibility index (Phi) is 6.81. The van der Waals surface area contributed by atoms with Crippen molar-refractivity contribution in [2.45, 2.75) is 31.8 Å². The molecule has 0 aromatic heterocycles. The smallest absolute Gasteiger partial charge is 0.281 e. The zero-order chi connectivity index (χ0) is 26.4. The van der Waals surface area contributed by atoms with E-state index in [9.17, 15) is 27.9 Å². The van der Waals surface area contributed by atoms with Gasteiger partial charge in [0.25, 0.3) is 17.7 Å². The molecule has 10 heteroatoms. The molecule has 0 aliphatic carbocycles. The van der Waals surface area contributed by atoms with Gasteiger partial charge in [-0.15, -0.1) is 0 Å². The second kappa shape index (κ2) is 9.42. The lowest BCUT2D eigenvalue weighted by Crippen LogP contribution is -2.42. The Balaban J connectivity index is 1.64. The zero-order valence-corrected chi connectivity index (χ0v) is 20.7. The third-order valence-electron chi connectivity index (χ3n) is 6.28. The number of nitrogens with one attached hydrogen (secondary N) is 1. The highest BCUT2D eigenvalue weighted by atomic mass is 35.5. The summed E-state index contributed by atoms with van der Waals surface area (Å²) in [6.07, 6.45) is -0.760. The average molecular weight is 537 g/mol. The van der Waals surface area contributed by atoms with Gasteiger partial charge in [0.05, 0.1) is 16.3 Å². The molecule has 0 unspecified atom stereocenters. The van der Waals surface area contributed by atoms with E-state index in [-0.39, 0.29) is 39.0 Å². The van der Waals surface area contributed by atoms with Crippen LogP contribution in [0.15, 0.2) is 54.6 Å². The molecule has 36 heavy (non-hydrogen) atoms. The molecule has 1 aliphatic heterocycles.